The van der Waals surface area contributed by atoms with Gasteiger partial charge in [0.05, 0.1) is 19.0 Å². The number of carbonyl (C=O) groups is 2. The molecule has 2 heterocycles. The fourth-order valence-corrected chi connectivity index (χ4v) is 2.71. The van der Waals surface area contributed by atoms with Crippen LogP contribution in [0.3, 0.4) is 0 Å². The number of imide groups is 1. The van der Waals surface area contributed by atoms with Crippen LogP contribution in [0.25, 0.3) is 0 Å². The number of hydrogen-bond acceptors (Lipinski definition) is 4. The highest BCUT2D eigenvalue weighted by Gasteiger charge is 2.53. The lowest BCUT2D eigenvalue weighted by atomic mass is 10.1. The van der Waals surface area contributed by atoms with Crippen molar-refractivity contribution in [1.29, 1.82) is 5.26 Å². The Morgan fingerprint density at radius 1 is 1.33 bits per heavy atom. The molecule has 7 nitrogen and oxygen atoms in total. The first-order chi connectivity index (χ1) is 10.1. The van der Waals surface area contributed by atoms with Gasteiger partial charge in [-0.25, -0.2) is 14.3 Å². The van der Waals surface area contributed by atoms with E-state index in [-0.39, 0.29) is 12.5 Å². The van der Waals surface area contributed by atoms with Crippen molar-refractivity contribution in [3.8, 4) is 6.07 Å². The fourth-order valence-electron chi connectivity index (χ4n) is 2.71. The lowest BCUT2D eigenvalue weighted by Crippen LogP contribution is -2.62. The van der Waals surface area contributed by atoms with E-state index in [4.69, 9.17) is 5.26 Å². The fraction of sp³-hybridized carbons (Fsp3) is 0.643. The summed E-state index contributed by atoms with van der Waals surface area (Å²) in [6.45, 7) is 4.57. The van der Waals surface area contributed by atoms with Crippen LogP contribution in [-0.2, 0) is 4.79 Å². The van der Waals surface area contributed by atoms with Crippen molar-refractivity contribution in [3.05, 3.63) is 0 Å². The molecule has 1 saturated heterocycles. The second kappa shape index (κ2) is 6.04. The Bertz CT molecular complexity index is 572. The van der Waals surface area contributed by atoms with Crippen LogP contribution in [0, 0.1) is 11.3 Å². The zero-order chi connectivity index (χ0) is 15.6. The molecule has 0 spiro atoms. The monoisotopic (exact) mass is 290 g/mol. The highest BCUT2D eigenvalue weighted by atomic mass is 16.2. The van der Waals surface area contributed by atoms with Crippen LogP contribution < -0.4 is 0 Å². The van der Waals surface area contributed by atoms with Gasteiger partial charge in [-0.1, -0.05) is 13.8 Å². The van der Waals surface area contributed by atoms with Crippen molar-refractivity contribution in [1.82, 2.24) is 9.80 Å². The molecule has 0 N–H and O–H groups in total. The van der Waals surface area contributed by atoms with Crippen molar-refractivity contribution in [2.75, 3.05) is 20.1 Å². The van der Waals surface area contributed by atoms with E-state index in [1.807, 2.05) is 17.6 Å². The SMILES string of the molecule is CCCC1=[N+](CCC)C2C(=O)N(CC#N)C(=O)N(C)C2=N1. The molecule has 0 bridgehead atoms. The average Bonchev–Trinajstić information content (AvgIpc) is 2.81. The van der Waals surface area contributed by atoms with Crippen molar-refractivity contribution >= 4 is 23.6 Å². The quantitative estimate of drug-likeness (QED) is 0.555. The summed E-state index contributed by atoms with van der Waals surface area (Å²) in [5.41, 5.74) is 0. The van der Waals surface area contributed by atoms with E-state index in [1.165, 1.54) is 4.90 Å². The van der Waals surface area contributed by atoms with Gasteiger partial charge in [-0.15, -0.1) is 0 Å². The van der Waals surface area contributed by atoms with Crippen LogP contribution in [0.2, 0.25) is 0 Å². The number of fused-ring (bicyclic) bond motifs is 1. The minimum Gasteiger partial charge on any atom is -0.269 e. The molecule has 2 aliphatic heterocycles. The Hall–Kier alpha value is -2.23. The third-order valence-corrected chi connectivity index (χ3v) is 3.66. The molecule has 3 amide bonds. The average molecular weight is 290 g/mol. The topological polar surface area (TPSA) is 79.8 Å². The molecule has 1 unspecified atom stereocenters. The molecule has 0 aromatic heterocycles. The molecule has 2 rings (SSSR count). The molecule has 0 saturated carbocycles. The second-order valence-corrected chi connectivity index (χ2v) is 5.16. The molecule has 0 radical (unpaired) electrons. The van der Waals surface area contributed by atoms with Crippen molar-refractivity contribution in [2.24, 2.45) is 4.99 Å². The number of aliphatic imine (C=N–C) groups is 1. The van der Waals surface area contributed by atoms with Crippen molar-refractivity contribution < 1.29 is 14.2 Å². The summed E-state index contributed by atoms with van der Waals surface area (Å²) in [4.78, 5) is 31.6. The van der Waals surface area contributed by atoms with E-state index in [0.29, 0.717) is 12.4 Å². The van der Waals surface area contributed by atoms with Crippen LogP contribution in [0.5, 0.6) is 0 Å². The van der Waals surface area contributed by atoms with Gasteiger partial charge in [-0.2, -0.15) is 5.26 Å². The number of nitriles is 1. The van der Waals surface area contributed by atoms with Gasteiger partial charge < -0.3 is 0 Å². The normalized spacial score (nSPS) is 21.6. The van der Waals surface area contributed by atoms with Crippen LogP contribution in [-0.4, -0.2) is 64.2 Å². The van der Waals surface area contributed by atoms with Crippen molar-refractivity contribution in [2.45, 2.75) is 39.2 Å². The number of carbonyl (C=O) groups excluding carboxylic acids is 2. The highest BCUT2D eigenvalue weighted by Crippen LogP contribution is 2.21. The molecule has 0 aliphatic carbocycles. The first kappa shape index (κ1) is 15.2. The Kier molecular flexibility index (Phi) is 4.36. The van der Waals surface area contributed by atoms with E-state index < -0.39 is 12.1 Å². The summed E-state index contributed by atoms with van der Waals surface area (Å²) in [5.74, 6) is 0.986. The van der Waals surface area contributed by atoms with E-state index >= 15 is 0 Å². The Balaban J connectivity index is 2.43. The number of hydrogen-bond donors (Lipinski definition) is 0. The number of amides is 3. The molecule has 7 heteroatoms. The maximum Gasteiger partial charge on any atom is 0.334 e. The lowest BCUT2D eigenvalue weighted by molar-refractivity contribution is -0.536. The van der Waals surface area contributed by atoms with Gasteiger partial charge in [-0.3, -0.25) is 9.69 Å². The van der Waals surface area contributed by atoms with Crippen LogP contribution >= 0.6 is 0 Å². The number of amidine groups is 2. The molecule has 0 aromatic rings. The first-order valence-corrected chi connectivity index (χ1v) is 7.23. The third-order valence-electron chi connectivity index (χ3n) is 3.66. The minimum atomic E-state index is -0.567. The Morgan fingerprint density at radius 3 is 2.62 bits per heavy atom. The van der Waals surface area contributed by atoms with E-state index in [1.54, 1.807) is 7.05 Å². The number of nitrogens with zero attached hydrogens (tertiary/aromatic N) is 5. The standard InChI is InChI=1S/C14H20N5O2/c1-4-6-10-16-12-11(18(10)8-5-2)13(20)19(9-7-15)14(21)17(12)3/h11H,4-6,8-9H2,1-3H3/q+1. The van der Waals surface area contributed by atoms with Gasteiger partial charge >= 0.3 is 6.03 Å². The summed E-state index contributed by atoms with van der Waals surface area (Å²) in [6.07, 6.45) is 2.58. The van der Waals surface area contributed by atoms with Gasteiger partial charge in [0, 0.05) is 7.05 Å². The summed E-state index contributed by atoms with van der Waals surface area (Å²) < 4.78 is 1.97. The molecule has 21 heavy (non-hydrogen) atoms. The van der Waals surface area contributed by atoms with E-state index in [0.717, 1.165) is 30.0 Å². The highest BCUT2D eigenvalue weighted by molar-refractivity contribution is 6.23. The van der Waals surface area contributed by atoms with Crippen LogP contribution in [0.1, 0.15) is 33.1 Å². The van der Waals surface area contributed by atoms with Gasteiger partial charge in [0.1, 0.15) is 6.54 Å². The third kappa shape index (κ3) is 2.42. The maximum absolute atomic E-state index is 12.6. The van der Waals surface area contributed by atoms with Gasteiger partial charge in [0.15, 0.2) is 0 Å². The summed E-state index contributed by atoms with van der Waals surface area (Å²) in [7, 11) is 1.60. The Labute approximate surface area is 124 Å². The zero-order valence-corrected chi connectivity index (χ0v) is 12.7. The molecule has 1 atom stereocenters. The van der Waals surface area contributed by atoms with Gasteiger partial charge in [0.2, 0.25) is 0 Å². The first-order valence-electron chi connectivity index (χ1n) is 7.23. The van der Waals surface area contributed by atoms with Crippen LogP contribution in [0.15, 0.2) is 4.99 Å². The lowest BCUT2D eigenvalue weighted by Gasteiger charge is -2.31. The summed E-state index contributed by atoms with van der Waals surface area (Å²) in [5, 5.41) is 8.82. The minimum absolute atomic E-state index is 0.227. The molecule has 0 aromatic carbocycles. The largest absolute Gasteiger partial charge is 0.334 e. The summed E-state index contributed by atoms with van der Waals surface area (Å²) >= 11 is 0. The predicted molar refractivity (Wildman–Crippen MR) is 77.0 cm³/mol. The zero-order valence-electron chi connectivity index (χ0n) is 12.7. The number of urea groups is 1. The van der Waals surface area contributed by atoms with E-state index in [2.05, 4.69) is 11.9 Å². The van der Waals surface area contributed by atoms with Crippen LogP contribution in [0.4, 0.5) is 4.79 Å². The van der Waals surface area contributed by atoms with E-state index in [9.17, 15) is 9.59 Å². The number of likely N-dealkylation sites (N-methyl/N-ethyl adjacent to an activating group) is 1. The molecule has 1 fully saturated rings. The maximum atomic E-state index is 12.6. The van der Waals surface area contributed by atoms with Gasteiger partial charge in [-0.05, 0) is 17.8 Å². The molecule has 2 aliphatic rings. The smallest absolute Gasteiger partial charge is 0.269 e. The van der Waals surface area contributed by atoms with Gasteiger partial charge in [0.25, 0.3) is 23.6 Å². The Morgan fingerprint density at radius 2 is 2.05 bits per heavy atom. The van der Waals surface area contributed by atoms with Crippen molar-refractivity contribution in [3.63, 3.8) is 0 Å². The molecular formula is C14H20N5O2+. The molecular weight excluding hydrogens is 270 g/mol. The second-order valence-electron chi connectivity index (χ2n) is 5.16. The number of rotatable bonds is 5. The predicted octanol–water partition coefficient (Wildman–Crippen LogP) is 0.806. The summed E-state index contributed by atoms with van der Waals surface area (Å²) in [6, 6.07) is 0.826. The molecule has 112 valence electrons.